The van der Waals surface area contributed by atoms with Crippen LogP contribution in [0.5, 0.6) is 0 Å². The summed E-state index contributed by atoms with van der Waals surface area (Å²) in [5, 5.41) is 19.5. The number of nitrogens with one attached hydrogen (secondary N) is 1. The van der Waals surface area contributed by atoms with Gasteiger partial charge in [0.05, 0.1) is 0 Å². The Morgan fingerprint density at radius 1 is 1.59 bits per heavy atom. The van der Waals surface area contributed by atoms with Gasteiger partial charge in [-0.1, -0.05) is 29.8 Å². The number of amidine groups is 1. The second-order valence-corrected chi connectivity index (χ2v) is 3.56. The highest BCUT2D eigenvalue weighted by molar-refractivity contribution is 5.87. The van der Waals surface area contributed by atoms with E-state index in [0.29, 0.717) is 12.3 Å². The molecule has 0 aliphatic heterocycles. The molecule has 0 saturated carbocycles. The summed E-state index contributed by atoms with van der Waals surface area (Å²) in [4.78, 5) is 14.2. The molecular formula is C12H13N3O2. The molecule has 5 nitrogen and oxygen atoms in total. The van der Waals surface area contributed by atoms with Crippen LogP contribution in [0.15, 0.2) is 29.3 Å². The van der Waals surface area contributed by atoms with Crippen LogP contribution in [0, 0.1) is 18.4 Å². The molecule has 0 bridgehead atoms. The second kappa shape index (κ2) is 6.28. The molecule has 0 aromatic heterocycles. The molecule has 0 radical (unpaired) electrons. The Hall–Kier alpha value is -2.35. The SMILES string of the molecule is Cc1cccc(CC(=NCC(=O)O)NC#N)c1. The summed E-state index contributed by atoms with van der Waals surface area (Å²) in [5.41, 5.74) is 2.09. The molecule has 1 rings (SSSR count). The van der Waals surface area contributed by atoms with E-state index in [9.17, 15) is 4.79 Å². The minimum absolute atomic E-state index is 0.337. The molecule has 0 spiro atoms. The number of nitriles is 1. The maximum atomic E-state index is 10.4. The van der Waals surface area contributed by atoms with E-state index in [0.717, 1.165) is 11.1 Å². The van der Waals surface area contributed by atoms with Crippen LogP contribution >= 0.6 is 0 Å². The molecule has 0 fully saturated rings. The monoisotopic (exact) mass is 231 g/mol. The van der Waals surface area contributed by atoms with Crippen molar-refractivity contribution in [1.82, 2.24) is 5.32 Å². The van der Waals surface area contributed by atoms with Crippen LogP contribution in [0.2, 0.25) is 0 Å². The Kier molecular flexibility index (Phi) is 4.70. The summed E-state index contributed by atoms with van der Waals surface area (Å²) in [6.07, 6.45) is 2.17. The minimum atomic E-state index is -1.02. The Morgan fingerprint density at radius 3 is 2.94 bits per heavy atom. The van der Waals surface area contributed by atoms with Crippen molar-refractivity contribution in [3.8, 4) is 6.19 Å². The molecule has 0 aliphatic carbocycles. The van der Waals surface area contributed by atoms with Crippen LogP contribution in [-0.2, 0) is 11.2 Å². The molecule has 17 heavy (non-hydrogen) atoms. The average molecular weight is 231 g/mol. The van der Waals surface area contributed by atoms with E-state index in [-0.39, 0.29) is 6.54 Å². The third-order valence-electron chi connectivity index (χ3n) is 2.06. The van der Waals surface area contributed by atoms with Crippen molar-refractivity contribution in [1.29, 1.82) is 5.26 Å². The standard InChI is InChI=1S/C12H13N3O2/c1-9-3-2-4-10(5-9)6-11(15-8-13)14-7-12(16)17/h2-5H,6-7H2,1H3,(H,14,15)(H,16,17). The number of carboxylic acids is 1. The Morgan fingerprint density at radius 2 is 2.35 bits per heavy atom. The first kappa shape index (κ1) is 12.7. The van der Waals surface area contributed by atoms with E-state index < -0.39 is 5.97 Å². The van der Waals surface area contributed by atoms with E-state index >= 15 is 0 Å². The average Bonchev–Trinajstić information content (AvgIpc) is 2.26. The molecule has 0 heterocycles. The fourth-order valence-electron chi connectivity index (χ4n) is 1.38. The Balaban J connectivity index is 2.76. The summed E-state index contributed by atoms with van der Waals surface area (Å²) in [5.74, 6) is -0.660. The van der Waals surface area contributed by atoms with Crippen LogP contribution in [0.4, 0.5) is 0 Å². The summed E-state index contributed by atoms with van der Waals surface area (Å²) in [6.45, 7) is 1.63. The lowest BCUT2D eigenvalue weighted by Gasteiger charge is -2.04. The van der Waals surface area contributed by atoms with Crippen LogP contribution in [0.25, 0.3) is 0 Å². The number of aliphatic carboxylic acids is 1. The number of hydrogen-bond donors (Lipinski definition) is 2. The molecular weight excluding hydrogens is 218 g/mol. The van der Waals surface area contributed by atoms with Gasteiger partial charge < -0.3 is 5.11 Å². The maximum absolute atomic E-state index is 10.4. The first-order valence-electron chi connectivity index (χ1n) is 5.07. The van der Waals surface area contributed by atoms with Gasteiger partial charge in [0.15, 0.2) is 6.19 Å². The van der Waals surface area contributed by atoms with E-state index in [1.165, 1.54) is 0 Å². The number of nitrogens with zero attached hydrogens (tertiary/aromatic N) is 2. The van der Waals surface area contributed by atoms with Gasteiger partial charge in [-0.15, -0.1) is 0 Å². The van der Waals surface area contributed by atoms with Crippen molar-refractivity contribution in [3.63, 3.8) is 0 Å². The van der Waals surface area contributed by atoms with Crippen LogP contribution < -0.4 is 5.32 Å². The van der Waals surface area contributed by atoms with Crippen molar-refractivity contribution >= 4 is 11.8 Å². The van der Waals surface area contributed by atoms with Crippen LogP contribution in [0.3, 0.4) is 0 Å². The van der Waals surface area contributed by atoms with Gasteiger partial charge in [0.25, 0.3) is 0 Å². The number of rotatable bonds is 4. The number of carbonyl (C=O) groups is 1. The minimum Gasteiger partial charge on any atom is -0.480 e. The van der Waals surface area contributed by atoms with Crippen LogP contribution in [0.1, 0.15) is 11.1 Å². The number of aryl methyl sites for hydroxylation is 1. The molecule has 0 unspecified atom stereocenters. The van der Waals surface area contributed by atoms with Gasteiger partial charge in [-0.3, -0.25) is 15.1 Å². The summed E-state index contributed by atoms with van der Waals surface area (Å²) in [7, 11) is 0. The lowest BCUT2D eigenvalue weighted by molar-refractivity contribution is -0.135. The highest BCUT2D eigenvalue weighted by atomic mass is 16.4. The van der Waals surface area contributed by atoms with Gasteiger partial charge in [-0.25, -0.2) is 0 Å². The maximum Gasteiger partial charge on any atom is 0.325 e. The summed E-state index contributed by atoms with van der Waals surface area (Å²) < 4.78 is 0. The van der Waals surface area contributed by atoms with Gasteiger partial charge in [0, 0.05) is 6.42 Å². The molecule has 1 aromatic carbocycles. The lowest BCUT2D eigenvalue weighted by Crippen LogP contribution is -2.22. The molecule has 88 valence electrons. The Bertz CT molecular complexity index is 475. The first-order valence-corrected chi connectivity index (χ1v) is 5.07. The molecule has 0 amide bonds. The van der Waals surface area contributed by atoms with Gasteiger partial charge in [0.2, 0.25) is 0 Å². The van der Waals surface area contributed by atoms with Crippen molar-refractivity contribution in [3.05, 3.63) is 35.4 Å². The Labute approximate surface area is 99.4 Å². The van der Waals surface area contributed by atoms with Crippen LogP contribution in [-0.4, -0.2) is 23.5 Å². The molecule has 5 heteroatoms. The van der Waals surface area contributed by atoms with Gasteiger partial charge in [-0.2, -0.15) is 5.26 Å². The molecule has 1 aromatic rings. The number of aliphatic imine (C=N–C) groups is 1. The molecule has 0 atom stereocenters. The predicted molar refractivity (Wildman–Crippen MR) is 63.6 cm³/mol. The van der Waals surface area contributed by atoms with Crippen molar-refractivity contribution in [2.75, 3.05) is 6.54 Å². The van der Waals surface area contributed by atoms with E-state index in [1.54, 1.807) is 6.19 Å². The number of carboxylic acid groups (broad SMARTS) is 1. The number of hydrogen-bond acceptors (Lipinski definition) is 3. The predicted octanol–water partition coefficient (Wildman–Crippen LogP) is 1.09. The van der Waals surface area contributed by atoms with E-state index in [4.69, 9.17) is 10.4 Å². The fraction of sp³-hybridized carbons (Fsp3) is 0.250. The normalized spacial score (nSPS) is 10.7. The summed E-state index contributed by atoms with van der Waals surface area (Å²) in [6, 6.07) is 7.75. The third kappa shape index (κ3) is 4.80. The highest BCUT2D eigenvalue weighted by Gasteiger charge is 2.02. The lowest BCUT2D eigenvalue weighted by atomic mass is 10.1. The molecule has 0 saturated heterocycles. The van der Waals surface area contributed by atoms with Gasteiger partial charge >= 0.3 is 5.97 Å². The highest BCUT2D eigenvalue weighted by Crippen LogP contribution is 2.05. The third-order valence-corrected chi connectivity index (χ3v) is 2.06. The van der Waals surface area contributed by atoms with Crippen molar-refractivity contribution in [2.24, 2.45) is 4.99 Å². The van der Waals surface area contributed by atoms with Crippen molar-refractivity contribution in [2.45, 2.75) is 13.3 Å². The quantitative estimate of drug-likeness (QED) is 0.351. The van der Waals surface area contributed by atoms with Gasteiger partial charge in [0.1, 0.15) is 12.4 Å². The molecule has 0 aliphatic rings. The van der Waals surface area contributed by atoms with Crippen molar-refractivity contribution < 1.29 is 9.90 Å². The zero-order valence-electron chi connectivity index (χ0n) is 9.47. The molecule has 2 N–H and O–H groups in total. The van der Waals surface area contributed by atoms with Gasteiger partial charge in [-0.05, 0) is 12.5 Å². The topological polar surface area (TPSA) is 85.5 Å². The fourth-order valence-corrected chi connectivity index (χ4v) is 1.38. The zero-order chi connectivity index (χ0) is 12.7. The second-order valence-electron chi connectivity index (χ2n) is 3.56. The van der Waals surface area contributed by atoms with E-state index in [2.05, 4.69) is 10.3 Å². The zero-order valence-corrected chi connectivity index (χ0v) is 9.47. The smallest absolute Gasteiger partial charge is 0.325 e. The number of benzene rings is 1. The van der Waals surface area contributed by atoms with E-state index in [1.807, 2.05) is 31.2 Å². The first-order chi connectivity index (χ1) is 8.11. The summed E-state index contributed by atoms with van der Waals surface area (Å²) >= 11 is 0. The largest absolute Gasteiger partial charge is 0.480 e.